The molecule has 0 saturated heterocycles. The Balaban J connectivity index is 1.98. The number of nitrogens with zero attached hydrogens (tertiary/aromatic N) is 1. The van der Waals surface area contributed by atoms with Gasteiger partial charge in [0, 0.05) is 18.2 Å². The van der Waals surface area contributed by atoms with Gasteiger partial charge in [0.2, 0.25) is 5.91 Å². The highest BCUT2D eigenvalue weighted by Crippen LogP contribution is 2.16. The summed E-state index contributed by atoms with van der Waals surface area (Å²) >= 11 is 0. The van der Waals surface area contributed by atoms with Gasteiger partial charge in [-0.05, 0) is 48.4 Å². The lowest BCUT2D eigenvalue weighted by Gasteiger charge is -2.13. The van der Waals surface area contributed by atoms with Gasteiger partial charge < -0.3 is 5.32 Å². The Morgan fingerprint density at radius 3 is 2.42 bits per heavy atom. The van der Waals surface area contributed by atoms with E-state index in [1.165, 1.54) is 42.5 Å². The normalized spacial score (nSPS) is 12.1. The van der Waals surface area contributed by atoms with Crippen molar-refractivity contribution in [2.24, 2.45) is 0 Å². The fourth-order valence-electron chi connectivity index (χ4n) is 2.01. The average molecular weight is 332 g/mol. The van der Waals surface area contributed by atoms with E-state index in [4.69, 9.17) is 0 Å². The Morgan fingerprint density at radius 1 is 1.17 bits per heavy atom. The summed E-state index contributed by atoms with van der Waals surface area (Å²) in [6, 6.07) is 8.61. The van der Waals surface area contributed by atoms with E-state index in [1.807, 2.05) is 0 Å². The maximum absolute atomic E-state index is 13.2. The van der Waals surface area contributed by atoms with Crippen molar-refractivity contribution in [1.82, 2.24) is 5.32 Å². The van der Waals surface area contributed by atoms with E-state index in [0.717, 1.165) is 12.1 Å². The fourth-order valence-corrected chi connectivity index (χ4v) is 2.01. The number of nitrogens with one attached hydrogen (secondary N) is 1. The topological polar surface area (TPSA) is 72.2 Å². The molecule has 1 amide bonds. The highest BCUT2D eigenvalue weighted by molar-refractivity contribution is 5.92. The largest absolute Gasteiger partial charge is 0.346 e. The number of halogens is 2. The van der Waals surface area contributed by atoms with Crippen molar-refractivity contribution in [3.63, 3.8) is 0 Å². The minimum Gasteiger partial charge on any atom is -0.346 e. The number of rotatable bonds is 5. The van der Waals surface area contributed by atoms with Crippen molar-refractivity contribution >= 4 is 17.7 Å². The molecule has 0 spiro atoms. The third-order valence-corrected chi connectivity index (χ3v) is 3.33. The van der Waals surface area contributed by atoms with Crippen molar-refractivity contribution in [2.75, 3.05) is 0 Å². The van der Waals surface area contributed by atoms with E-state index < -0.39 is 28.5 Å². The van der Waals surface area contributed by atoms with E-state index in [-0.39, 0.29) is 5.69 Å². The molecule has 0 fully saturated rings. The number of nitro benzene ring substituents is 1. The number of benzene rings is 2. The van der Waals surface area contributed by atoms with Gasteiger partial charge in [0.05, 0.1) is 11.0 Å². The molecule has 1 N–H and O–H groups in total. The molecule has 0 aliphatic heterocycles. The highest BCUT2D eigenvalue weighted by Gasteiger charge is 2.10. The summed E-state index contributed by atoms with van der Waals surface area (Å²) in [7, 11) is 0. The van der Waals surface area contributed by atoms with E-state index in [9.17, 15) is 23.7 Å². The summed E-state index contributed by atoms with van der Waals surface area (Å²) in [5.41, 5.74) is 1.02. The molecule has 0 bridgehead atoms. The van der Waals surface area contributed by atoms with Crippen LogP contribution in [0.3, 0.4) is 0 Å². The zero-order chi connectivity index (χ0) is 17.7. The second-order valence-corrected chi connectivity index (χ2v) is 5.09. The SMILES string of the molecule is CC(NC(=O)/C=C/c1ccc([N+](=O)[O-])cc1)c1ccc(F)c(F)c1. The number of carbonyl (C=O) groups excluding carboxylic acids is 1. The molecular weight excluding hydrogens is 318 g/mol. The lowest BCUT2D eigenvalue weighted by Crippen LogP contribution is -2.24. The fraction of sp³-hybridized carbons (Fsp3) is 0.118. The Kier molecular flexibility index (Phi) is 5.36. The molecule has 5 nitrogen and oxygen atoms in total. The summed E-state index contributed by atoms with van der Waals surface area (Å²) < 4.78 is 26.1. The van der Waals surface area contributed by atoms with Crippen molar-refractivity contribution in [3.05, 3.63) is 81.4 Å². The van der Waals surface area contributed by atoms with Gasteiger partial charge in [-0.25, -0.2) is 8.78 Å². The van der Waals surface area contributed by atoms with Crippen molar-refractivity contribution in [2.45, 2.75) is 13.0 Å². The van der Waals surface area contributed by atoms with Gasteiger partial charge >= 0.3 is 0 Å². The van der Waals surface area contributed by atoms with Crippen molar-refractivity contribution in [3.8, 4) is 0 Å². The van der Waals surface area contributed by atoms with E-state index in [0.29, 0.717) is 11.1 Å². The first-order chi connectivity index (χ1) is 11.4. The van der Waals surface area contributed by atoms with Gasteiger partial charge in [-0.1, -0.05) is 6.07 Å². The number of carbonyl (C=O) groups is 1. The third-order valence-electron chi connectivity index (χ3n) is 3.33. The standard InChI is InChI=1S/C17H14F2N2O3/c1-11(13-5-8-15(18)16(19)10-13)20-17(22)9-4-12-2-6-14(7-3-12)21(23)24/h2-11H,1H3,(H,20,22)/b9-4+. The molecule has 2 aromatic carbocycles. The Bertz CT molecular complexity index is 789. The van der Waals surface area contributed by atoms with Crippen LogP contribution in [0, 0.1) is 21.7 Å². The van der Waals surface area contributed by atoms with Crippen LogP contribution in [-0.2, 0) is 4.79 Å². The molecular formula is C17H14F2N2O3. The average Bonchev–Trinajstić information content (AvgIpc) is 2.55. The molecule has 2 aromatic rings. The number of hydrogen-bond donors (Lipinski definition) is 1. The minimum absolute atomic E-state index is 0.0384. The first-order valence-electron chi connectivity index (χ1n) is 7.05. The molecule has 0 aliphatic carbocycles. The number of amides is 1. The number of non-ortho nitro benzene ring substituents is 1. The van der Waals surface area contributed by atoms with Crippen LogP contribution < -0.4 is 5.32 Å². The molecule has 0 aliphatic rings. The zero-order valence-electron chi connectivity index (χ0n) is 12.7. The maximum Gasteiger partial charge on any atom is 0.269 e. The van der Waals surface area contributed by atoms with Crippen LogP contribution in [0.25, 0.3) is 6.08 Å². The lowest BCUT2D eigenvalue weighted by atomic mass is 10.1. The third kappa shape index (κ3) is 4.45. The summed E-state index contributed by atoms with van der Waals surface area (Å²) in [6.45, 7) is 1.64. The van der Waals surface area contributed by atoms with Crippen LogP contribution in [-0.4, -0.2) is 10.8 Å². The molecule has 0 aromatic heterocycles. The molecule has 24 heavy (non-hydrogen) atoms. The van der Waals surface area contributed by atoms with Gasteiger partial charge in [-0.2, -0.15) is 0 Å². The first-order valence-corrected chi connectivity index (χ1v) is 7.05. The van der Waals surface area contributed by atoms with E-state index in [2.05, 4.69) is 5.32 Å². The Morgan fingerprint density at radius 2 is 1.83 bits per heavy atom. The van der Waals surface area contributed by atoms with E-state index in [1.54, 1.807) is 6.92 Å². The van der Waals surface area contributed by atoms with Gasteiger partial charge in [-0.3, -0.25) is 14.9 Å². The van der Waals surface area contributed by atoms with Gasteiger partial charge in [0.25, 0.3) is 5.69 Å². The van der Waals surface area contributed by atoms with E-state index >= 15 is 0 Å². The molecule has 0 saturated carbocycles. The van der Waals surface area contributed by atoms with Crippen LogP contribution in [0.2, 0.25) is 0 Å². The molecule has 7 heteroatoms. The lowest BCUT2D eigenvalue weighted by molar-refractivity contribution is -0.384. The summed E-state index contributed by atoms with van der Waals surface area (Å²) in [5.74, 6) is -2.35. The summed E-state index contributed by atoms with van der Waals surface area (Å²) in [5, 5.41) is 13.2. The molecule has 0 radical (unpaired) electrons. The van der Waals surface area contributed by atoms with Gasteiger partial charge in [0.1, 0.15) is 0 Å². The number of nitro groups is 1. The second-order valence-electron chi connectivity index (χ2n) is 5.09. The first kappa shape index (κ1) is 17.3. The zero-order valence-corrected chi connectivity index (χ0v) is 12.7. The van der Waals surface area contributed by atoms with Gasteiger partial charge in [-0.15, -0.1) is 0 Å². The van der Waals surface area contributed by atoms with Crippen molar-refractivity contribution < 1.29 is 18.5 Å². The number of hydrogen-bond acceptors (Lipinski definition) is 3. The second kappa shape index (κ2) is 7.45. The smallest absolute Gasteiger partial charge is 0.269 e. The molecule has 124 valence electrons. The summed E-state index contributed by atoms with van der Waals surface area (Å²) in [4.78, 5) is 21.9. The Hall–Kier alpha value is -3.09. The quantitative estimate of drug-likeness (QED) is 0.515. The molecule has 0 heterocycles. The Labute approximate surface area is 136 Å². The van der Waals surface area contributed by atoms with Crippen LogP contribution in [0.1, 0.15) is 24.1 Å². The van der Waals surface area contributed by atoms with Crippen molar-refractivity contribution in [1.29, 1.82) is 0 Å². The van der Waals surface area contributed by atoms with Crippen LogP contribution in [0.4, 0.5) is 14.5 Å². The van der Waals surface area contributed by atoms with Crippen LogP contribution >= 0.6 is 0 Å². The molecule has 1 atom stereocenters. The monoisotopic (exact) mass is 332 g/mol. The predicted molar refractivity (Wildman–Crippen MR) is 85.0 cm³/mol. The van der Waals surface area contributed by atoms with Crippen LogP contribution in [0.5, 0.6) is 0 Å². The maximum atomic E-state index is 13.2. The highest BCUT2D eigenvalue weighted by atomic mass is 19.2. The predicted octanol–water partition coefficient (Wildman–Crippen LogP) is 3.76. The van der Waals surface area contributed by atoms with Crippen LogP contribution in [0.15, 0.2) is 48.5 Å². The molecule has 1 unspecified atom stereocenters. The molecule has 2 rings (SSSR count). The minimum atomic E-state index is -0.977. The summed E-state index contributed by atoms with van der Waals surface area (Å²) in [6.07, 6.45) is 2.76. The van der Waals surface area contributed by atoms with Gasteiger partial charge in [0.15, 0.2) is 11.6 Å².